The van der Waals surface area contributed by atoms with E-state index in [0.29, 0.717) is 19.4 Å². The smallest absolute Gasteiger partial charge is 0.220 e. The minimum Gasteiger partial charge on any atom is -0.356 e. The number of aromatic nitrogens is 2. The summed E-state index contributed by atoms with van der Waals surface area (Å²) >= 11 is 0. The fraction of sp³-hybridized carbons (Fsp3) is 0.500. The van der Waals surface area contributed by atoms with E-state index in [1.807, 2.05) is 43.3 Å². The predicted octanol–water partition coefficient (Wildman–Crippen LogP) is 6.01. The van der Waals surface area contributed by atoms with Gasteiger partial charge in [0.05, 0.1) is 0 Å². The van der Waals surface area contributed by atoms with Crippen LogP contribution in [-0.2, 0) is 9.59 Å². The zero-order valence-corrected chi connectivity index (χ0v) is 22.9. The molecule has 2 rings (SSSR count). The van der Waals surface area contributed by atoms with Crippen LogP contribution in [0.2, 0.25) is 0 Å². The first kappa shape index (κ1) is 28.9. The summed E-state index contributed by atoms with van der Waals surface area (Å²) in [5.74, 6) is 2.07. The van der Waals surface area contributed by atoms with E-state index in [4.69, 9.17) is 0 Å². The van der Waals surface area contributed by atoms with Crippen molar-refractivity contribution in [3.05, 3.63) is 48.8 Å². The lowest BCUT2D eigenvalue weighted by Crippen LogP contribution is -2.32. The van der Waals surface area contributed by atoms with Crippen LogP contribution in [0, 0.1) is 0 Å². The summed E-state index contributed by atoms with van der Waals surface area (Å²) in [7, 11) is 6.76. The monoisotopic (exact) mass is 538 g/mol. The van der Waals surface area contributed by atoms with E-state index < -0.39 is 0 Å². The number of hydrogen-bond donors (Lipinski definition) is 2. The second-order valence-corrected chi connectivity index (χ2v) is 12.5. The van der Waals surface area contributed by atoms with Gasteiger partial charge in [-0.3, -0.25) is 9.59 Å². The molecular formula is C24H34N4O2S4. The van der Waals surface area contributed by atoms with Gasteiger partial charge in [-0.05, 0) is 84.9 Å². The standard InChI is InChI=1S/C24H34N4O2S4/c1-20(28-22(30)12-9-19-32-34-24-14-4-7-17-27-24)10-2-5-15-25-21(29)11-8-18-31-33-23-13-3-6-16-26-23/h3-4,6-7,13-14,16-17,20H,2,5,8-12,15,18-19H2,1H3,(H,25,29)(H,28,30). The van der Waals surface area contributed by atoms with Crippen LogP contribution in [0.15, 0.2) is 58.8 Å². The Labute approximate surface area is 219 Å². The molecule has 0 aliphatic rings. The normalized spacial score (nSPS) is 11.7. The number of carbonyl (C=O) groups excluding carboxylic acids is 2. The van der Waals surface area contributed by atoms with E-state index in [1.54, 1.807) is 55.6 Å². The van der Waals surface area contributed by atoms with Crippen molar-refractivity contribution >= 4 is 55.0 Å². The van der Waals surface area contributed by atoms with Gasteiger partial charge in [0.25, 0.3) is 0 Å². The molecule has 0 spiro atoms. The van der Waals surface area contributed by atoms with Crippen LogP contribution in [0.4, 0.5) is 0 Å². The number of hydrogen-bond acceptors (Lipinski definition) is 8. The van der Waals surface area contributed by atoms with Gasteiger partial charge in [0.1, 0.15) is 10.1 Å². The van der Waals surface area contributed by atoms with Crippen molar-refractivity contribution in [2.75, 3.05) is 18.1 Å². The largest absolute Gasteiger partial charge is 0.356 e. The molecule has 0 radical (unpaired) electrons. The molecule has 2 amide bonds. The Bertz CT molecular complexity index is 815. The summed E-state index contributed by atoms with van der Waals surface area (Å²) in [5.41, 5.74) is 0. The molecule has 0 fully saturated rings. The number of pyridine rings is 2. The fourth-order valence-electron chi connectivity index (χ4n) is 2.89. The maximum Gasteiger partial charge on any atom is 0.220 e. The highest BCUT2D eigenvalue weighted by atomic mass is 33.1. The predicted molar refractivity (Wildman–Crippen MR) is 148 cm³/mol. The third-order valence-corrected chi connectivity index (χ3v) is 9.32. The molecule has 1 atom stereocenters. The van der Waals surface area contributed by atoms with Crippen LogP contribution in [0.5, 0.6) is 0 Å². The third kappa shape index (κ3) is 14.8. The first-order valence-electron chi connectivity index (χ1n) is 11.6. The van der Waals surface area contributed by atoms with Gasteiger partial charge in [0.15, 0.2) is 0 Å². The molecule has 0 bridgehead atoms. The topological polar surface area (TPSA) is 84.0 Å². The molecule has 0 aliphatic carbocycles. The molecule has 0 aromatic carbocycles. The molecular weight excluding hydrogens is 505 g/mol. The van der Waals surface area contributed by atoms with Gasteiger partial charge in [-0.25, -0.2) is 9.97 Å². The first-order chi connectivity index (χ1) is 16.6. The molecule has 2 aromatic rings. The van der Waals surface area contributed by atoms with Crippen molar-refractivity contribution in [2.24, 2.45) is 0 Å². The Hall–Kier alpha value is -1.36. The second-order valence-electron chi connectivity index (χ2n) is 7.67. The third-order valence-electron chi connectivity index (χ3n) is 4.62. The summed E-state index contributed by atoms with van der Waals surface area (Å²) < 4.78 is 0. The summed E-state index contributed by atoms with van der Waals surface area (Å²) in [4.78, 5) is 32.6. The highest BCUT2D eigenvalue weighted by molar-refractivity contribution is 8.77. The van der Waals surface area contributed by atoms with Crippen molar-refractivity contribution in [1.82, 2.24) is 20.6 Å². The van der Waals surface area contributed by atoms with Crippen molar-refractivity contribution in [3.63, 3.8) is 0 Å². The molecule has 1 unspecified atom stereocenters. The van der Waals surface area contributed by atoms with Crippen LogP contribution in [-0.4, -0.2) is 45.9 Å². The van der Waals surface area contributed by atoms with Gasteiger partial charge < -0.3 is 10.6 Å². The molecule has 0 saturated carbocycles. The number of nitrogens with zero attached hydrogens (tertiary/aromatic N) is 2. The average molecular weight is 539 g/mol. The SMILES string of the molecule is CC(CCCCNC(=O)CCCSSc1ccccn1)NC(=O)CCCSSc1ccccn1. The van der Waals surface area contributed by atoms with Gasteiger partial charge in [-0.1, -0.05) is 33.7 Å². The van der Waals surface area contributed by atoms with Crippen molar-refractivity contribution in [2.45, 2.75) is 68.0 Å². The van der Waals surface area contributed by atoms with Crippen LogP contribution in [0.25, 0.3) is 0 Å². The lowest BCUT2D eigenvalue weighted by molar-refractivity contribution is -0.122. The molecule has 34 heavy (non-hydrogen) atoms. The zero-order valence-electron chi connectivity index (χ0n) is 19.6. The van der Waals surface area contributed by atoms with Crippen LogP contribution < -0.4 is 10.6 Å². The van der Waals surface area contributed by atoms with E-state index in [-0.39, 0.29) is 17.9 Å². The van der Waals surface area contributed by atoms with Crippen LogP contribution in [0.3, 0.4) is 0 Å². The Morgan fingerprint density at radius 3 is 1.97 bits per heavy atom. The minimum atomic E-state index is 0.114. The maximum absolute atomic E-state index is 12.1. The zero-order chi connectivity index (χ0) is 24.3. The van der Waals surface area contributed by atoms with E-state index >= 15 is 0 Å². The van der Waals surface area contributed by atoms with E-state index in [0.717, 1.165) is 53.7 Å². The summed E-state index contributed by atoms with van der Waals surface area (Å²) in [6, 6.07) is 11.9. The van der Waals surface area contributed by atoms with Crippen LogP contribution >= 0.6 is 43.2 Å². The maximum atomic E-state index is 12.1. The van der Waals surface area contributed by atoms with Crippen molar-refractivity contribution in [1.29, 1.82) is 0 Å². The fourth-order valence-corrected chi connectivity index (χ4v) is 6.82. The average Bonchev–Trinajstić information content (AvgIpc) is 2.84. The Kier molecular flexibility index (Phi) is 16.1. The quantitative estimate of drug-likeness (QED) is 0.176. The van der Waals surface area contributed by atoms with Gasteiger partial charge in [-0.15, -0.1) is 0 Å². The van der Waals surface area contributed by atoms with E-state index in [2.05, 4.69) is 20.6 Å². The molecule has 2 N–H and O–H groups in total. The van der Waals surface area contributed by atoms with Gasteiger partial charge in [-0.2, -0.15) is 0 Å². The minimum absolute atomic E-state index is 0.114. The summed E-state index contributed by atoms with van der Waals surface area (Å²) in [6.07, 6.45) is 9.24. The summed E-state index contributed by atoms with van der Waals surface area (Å²) in [6.45, 7) is 2.74. The number of unbranched alkanes of at least 4 members (excludes halogenated alkanes) is 1. The lowest BCUT2D eigenvalue weighted by Gasteiger charge is -2.14. The highest BCUT2D eigenvalue weighted by Gasteiger charge is 2.08. The summed E-state index contributed by atoms with van der Waals surface area (Å²) in [5, 5.41) is 8.06. The van der Waals surface area contributed by atoms with Gasteiger partial charge >= 0.3 is 0 Å². The molecule has 0 saturated heterocycles. The lowest BCUT2D eigenvalue weighted by atomic mass is 10.1. The Morgan fingerprint density at radius 2 is 1.41 bits per heavy atom. The second kappa shape index (κ2) is 18.9. The van der Waals surface area contributed by atoms with Crippen LogP contribution in [0.1, 0.15) is 51.9 Å². The molecule has 2 heterocycles. The van der Waals surface area contributed by atoms with E-state index in [1.165, 1.54) is 0 Å². The Balaban J connectivity index is 1.37. The molecule has 186 valence electrons. The number of rotatable bonds is 18. The number of nitrogens with one attached hydrogen (secondary N) is 2. The van der Waals surface area contributed by atoms with Gasteiger partial charge in [0.2, 0.25) is 11.8 Å². The van der Waals surface area contributed by atoms with Gasteiger partial charge in [0, 0.05) is 49.3 Å². The Morgan fingerprint density at radius 1 is 0.824 bits per heavy atom. The molecule has 6 nitrogen and oxygen atoms in total. The van der Waals surface area contributed by atoms with Crippen molar-refractivity contribution in [3.8, 4) is 0 Å². The molecule has 2 aromatic heterocycles. The highest BCUT2D eigenvalue weighted by Crippen LogP contribution is 2.30. The first-order valence-corrected chi connectivity index (χ1v) is 16.2. The number of carbonyl (C=O) groups is 2. The number of amides is 2. The van der Waals surface area contributed by atoms with Crippen molar-refractivity contribution < 1.29 is 9.59 Å². The molecule has 10 heteroatoms. The van der Waals surface area contributed by atoms with E-state index in [9.17, 15) is 9.59 Å². The molecule has 0 aliphatic heterocycles.